The number of carbonyl (C=O) groups excluding carboxylic acids is 1. The molecular weight excluding hydrogens is 454 g/mol. The molecule has 0 atom stereocenters. The fourth-order valence-electron chi connectivity index (χ4n) is 3.59. The van der Waals surface area contributed by atoms with Gasteiger partial charge in [-0.3, -0.25) is 14.7 Å². The smallest absolute Gasteiger partial charge is 0.260 e. The SMILES string of the molecule is CCS(=O)(=O)c1cccc(C(=O)N(Cc2cccnc2)c2nc3c(C(C)C)cccc3s2)c1. The normalized spacial score (nSPS) is 11.8. The lowest BCUT2D eigenvalue weighted by Crippen LogP contribution is -2.30. The molecule has 4 aromatic rings. The van der Waals surface area contributed by atoms with Gasteiger partial charge < -0.3 is 0 Å². The first-order chi connectivity index (χ1) is 15.8. The summed E-state index contributed by atoms with van der Waals surface area (Å²) in [7, 11) is -3.43. The van der Waals surface area contributed by atoms with Gasteiger partial charge in [0.25, 0.3) is 5.91 Å². The van der Waals surface area contributed by atoms with E-state index in [0.717, 1.165) is 21.3 Å². The van der Waals surface area contributed by atoms with Gasteiger partial charge in [-0.1, -0.05) is 56.4 Å². The lowest BCUT2D eigenvalue weighted by Gasteiger charge is -2.20. The highest BCUT2D eigenvalue weighted by atomic mass is 32.2. The number of hydrogen-bond acceptors (Lipinski definition) is 6. The van der Waals surface area contributed by atoms with Crippen molar-refractivity contribution in [3.05, 3.63) is 83.7 Å². The fourth-order valence-corrected chi connectivity index (χ4v) is 5.51. The lowest BCUT2D eigenvalue weighted by molar-refractivity contribution is 0.0985. The summed E-state index contributed by atoms with van der Waals surface area (Å²) in [5.41, 5.74) is 3.17. The minimum atomic E-state index is -3.43. The molecule has 0 aliphatic rings. The number of anilines is 1. The molecule has 4 rings (SSSR count). The lowest BCUT2D eigenvalue weighted by atomic mass is 10.0. The predicted octanol–water partition coefficient (Wildman–Crippen LogP) is 5.46. The molecule has 0 aliphatic carbocycles. The largest absolute Gasteiger partial charge is 0.279 e. The monoisotopic (exact) mass is 479 g/mol. The van der Waals surface area contributed by atoms with Gasteiger partial charge in [0, 0.05) is 18.0 Å². The molecule has 0 spiro atoms. The van der Waals surface area contributed by atoms with Crippen LogP contribution in [-0.2, 0) is 16.4 Å². The van der Waals surface area contributed by atoms with E-state index in [9.17, 15) is 13.2 Å². The van der Waals surface area contributed by atoms with E-state index >= 15 is 0 Å². The van der Waals surface area contributed by atoms with E-state index in [1.54, 1.807) is 36.4 Å². The van der Waals surface area contributed by atoms with Crippen LogP contribution in [0.1, 0.15) is 48.2 Å². The number of hydrogen-bond donors (Lipinski definition) is 0. The molecule has 33 heavy (non-hydrogen) atoms. The van der Waals surface area contributed by atoms with Gasteiger partial charge in [-0.2, -0.15) is 0 Å². The number of para-hydroxylation sites is 1. The number of sulfone groups is 1. The van der Waals surface area contributed by atoms with Crippen LogP contribution in [0.5, 0.6) is 0 Å². The van der Waals surface area contributed by atoms with Gasteiger partial charge in [0.2, 0.25) is 0 Å². The molecule has 0 radical (unpaired) electrons. The second kappa shape index (κ2) is 9.41. The predicted molar refractivity (Wildman–Crippen MR) is 133 cm³/mol. The van der Waals surface area contributed by atoms with Crippen molar-refractivity contribution in [1.82, 2.24) is 9.97 Å². The van der Waals surface area contributed by atoms with Gasteiger partial charge in [0.15, 0.2) is 15.0 Å². The van der Waals surface area contributed by atoms with E-state index in [-0.39, 0.29) is 23.1 Å². The van der Waals surface area contributed by atoms with Crippen LogP contribution in [0.4, 0.5) is 5.13 Å². The summed E-state index contributed by atoms with van der Waals surface area (Å²) in [4.78, 5) is 24.4. The Hall–Kier alpha value is -3.10. The number of amides is 1. The number of rotatable bonds is 7. The minimum Gasteiger partial charge on any atom is -0.279 e. The molecular formula is C25H25N3O3S2. The number of fused-ring (bicyclic) bond motifs is 1. The van der Waals surface area contributed by atoms with E-state index in [1.165, 1.54) is 23.5 Å². The van der Waals surface area contributed by atoms with Gasteiger partial charge >= 0.3 is 0 Å². The van der Waals surface area contributed by atoms with Crippen molar-refractivity contribution in [2.24, 2.45) is 0 Å². The van der Waals surface area contributed by atoms with Gasteiger partial charge in [-0.05, 0) is 47.4 Å². The molecule has 0 aliphatic heterocycles. The summed E-state index contributed by atoms with van der Waals surface area (Å²) in [6, 6.07) is 16.0. The van der Waals surface area contributed by atoms with Crippen LogP contribution < -0.4 is 4.90 Å². The number of thiazole rings is 1. The first-order valence-corrected chi connectivity index (χ1v) is 13.2. The second-order valence-electron chi connectivity index (χ2n) is 8.03. The van der Waals surface area contributed by atoms with E-state index in [0.29, 0.717) is 16.6 Å². The Morgan fingerprint density at radius 1 is 1.09 bits per heavy atom. The zero-order valence-electron chi connectivity index (χ0n) is 18.7. The number of pyridine rings is 1. The van der Waals surface area contributed by atoms with Crippen molar-refractivity contribution in [3.8, 4) is 0 Å². The highest BCUT2D eigenvalue weighted by Gasteiger charge is 2.24. The standard InChI is InChI=1S/C25H25N3O3S2/c1-4-33(30,31)20-10-5-9-19(14-20)24(29)28(16-18-8-7-13-26-15-18)25-27-23-21(17(2)3)11-6-12-22(23)32-25/h5-15,17H,4,16H2,1-3H3. The number of aromatic nitrogens is 2. The Kier molecular flexibility index (Phi) is 6.58. The van der Waals surface area contributed by atoms with Crippen molar-refractivity contribution in [2.75, 3.05) is 10.7 Å². The van der Waals surface area contributed by atoms with Crippen molar-refractivity contribution >= 4 is 42.4 Å². The van der Waals surface area contributed by atoms with Crippen molar-refractivity contribution in [1.29, 1.82) is 0 Å². The molecule has 0 saturated carbocycles. The molecule has 0 saturated heterocycles. The van der Waals surface area contributed by atoms with Crippen molar-refractivity contribution < 1.29 is 13.2 Å². The number of benzene rings is 2. The van der Waals surface area contributed by atoms with Gasteiger partial charge in [0.05, 0.1) is 27.4 Å². The molecule has 1 amide bonds. The third-order valence-corrected chi connectivity index (χ3v) is 8.20. The van der Waals surface area contributed by atoms with E-state index < -0.39 is 9.84 Å². The Morgan fingerprint density at radius 2 is 1.88 bits per heavy atom. The maximum absolute atomic E-state index is 13.7. The van der Waals surface area contributed by atoms with Crippen molar-refractivity contribution in [3.63, 3.8) is 0 Å². The fraction of sp³-hybridized carbons (Fsp3) is 0.240. The molecule has 6 nitrogen and oxygen atoms in total. The average Bonchev–Trinajstić information content (AvgIpc) is 3.26. The third kappa shape index (κ3) is 4.82. The Bertz CT molecular complexity index is 1400. The highest BCUT2D eigenvalue weighted by Crippen LogP contribution is 2.34. The number of carbonyl (C=O) groups is 1. The zero-order valence-corrected chi connectivity index (χ0v) is 20.4. The second-order valence-corrected chi connectivity index (χ2v) is 11.3. The summed E-state index contributed by atoms with van der Waals surface area (Å²) in [6.07, 6.45) is 3.40. The number of nitrogens with zero attached hydrogens (tertiary/aromatic N) is 3. The van der Waals surface area contributed by atoms with E-state index in [2.05, 4.69) is 24.9 Å². The topological polar surface area (TPSA) is 80.2 Å². The van der Waals surface area contributed by atoms with Crippen LogP contribution in [0.25, 0.3) is 10.2 Å². The van der Waals surface area contributed by atoms with Crippen LogP contribution in [0.2, 0.25) is 0 Å². The van der Waals surface area contributed by atoms with Crippen LogP contribution >= 0.6 is 11.3 Å². The molecule has 0 N–H and O–H groups in total. The summed E-state index contributed by atoms with van der Waals surface area (Å²) >= 11 is 1.45. The summed E-state index contributed by atoms with van der Waals surface area (Å²) < 4.78 is 25.8. The first kappa shape index (κ1) is 23.1. The molecule has 8 heteroatoms. The minimum absolute atomic E-state index is 0.0279. The maximum Gasteiger partial charge on any atom is 0.260 e. The van der Waals surface area contributed by atoms with E-state index in [4.69, 9.17) is 4.98 Å². The van der Waals surface area contributed by atoms with Gasteiger partial charge in [-0.15, -0.1) is 0 Å². The van der Waals surface area contributed by atoms with Crippen molar-refractivity contribution in [2.45, 2.75) is 38.1 Å². The summed E-state index contributed by atoms with van der Waals surface area (Å²) in [5, 5.41) is 0.565. The van der Waals surface area contributed by atoms with Crippen LogP contribution in [0.3, 0.4) is 0 Å². The molecule has 0 fully saturated rings. The Labute approximate surface area is 197 Å². The molecule has 2 aromatic carbocycles. The zero-order chi connectivity index (χ0) is 23.6. The Morgan fingerprint density at radius 3 is 2.58 bits per heavy atom. The molecule has 2 aromatic heterocycles. The Balaban J connectivity index is 1.81. The van der Waals surface area contributed by atoms with Crippen LogP contribution in [0, 0.1) is 0 Å². The average molecular weight is 480 g/mol. The van der Waals surface area contributed by atoms with Crippen LogP contribution in [-0.4, -0.2) is 30.0 Å². The molecule has 0 unspecified atom stereocenters. The van der Waals surface area contributed by atoms with E-state index in [1.807, 2.05) is 24.3 Å². The molecule has 2 heterocycles. The molecule has 170 valence electrons. The molecule has 0 bridgehead atoms. The first-order valence-electron chi connectivity index (χ1n) is 10.7. The van der Waals surface area contributed by atoms with Gasteiger partial charge in [-0.25, -0.2) is 13.4 Å². The summed E-state index contributed by atoms with van der Waals surface area (Å²) in [6.45, 7) is 6.10. The maximum atomic E-state index is 13.7. The third-order valence-electron chi connectivity index (χ3n) is 5.42. The summed E-state index contributed by atoms with van der Waals surface area (Å²) in [5.74, 6) is -0.0425. The van der Waals surface area contributed by atoms with Gasteiger partial charge in [0.1, 0.15) is 0 Å². The highest BCUT2D eigenvalue weighted by molar-refractivity contribution is 7.91. The quantitative estimate of drug-likeness (QED) is 0.352. The van der Waals surface area contributed by atoms with Crippen LogP contribution in [0.15, 0.2) is 71.9 Å².